The summed E-state index contributed by atoms with van der Waals surface area (Å²) in [6.45, 7) is 10.5. The molecule has 0 fully saturated rings. The maximum Gasteiger partial charge on any atom is 0.251 e. The molecule has 2 amide bonds. The molecule has 0 saturated carbocycles. The van der Waals surface area contributed by atoms with Crippen molar-refractivity contribution in [2.24, 2.45) is 5.92 Å². The summed E-state index contributed by atoms with van der Waals surface area (Å²) in [5.41, 5.74) is 3.14. The van der Waals surface area contributed by atoms with Crippen molar-refractivity contribution < 1.29 is 9.59 Å². The standard InChI is InChI=1S/C25H30ClN5O2S/c1-6-31-23(22(15(2)3)28-24(33)18-10-7-9-16(4)13-18)29-30-25(31)34-14-21(32)27-20-12-8-11-19(26)17(20)5/h7-13,15,22H,6,14H2,1-5H3,(H,27,32)(H,28,33)/t22-/m1/s1. The van der Waals surface area contributed by atoms with Crippen LogP contribution in [0.25, 0.3) is 0 Å². The Balaban J connectivity index is 1.72. The molecule has 0 radical (unpaired) electrons. The van der Waals surface area contributed by atoms with E-state index in [9.17, 15) is 9.59 Å². The van der Waals surface area contributed by atoms with E-state index < -0.39 is 0 Å². The Kier molecular flexibility index (Phi) is 8.74. The maximum absolute atomic E-state index is 12.9. The first kappa shape index (κ1) is 25.8. The molecule has 0 aliphatic heterocycles. The largest absolute Gasteiger partial charge is 0.342 e. The molecule has 0 aliphatic rings. The van der Waals surface area contributed by atoms with Crippen LogP contribution in [-0.4, -0.2) is 32.3 Å². The lowest BCUT2D eigenvalue weighted by Crippen LogP contribution is -2.33. The van der Waals surface area contributed by atoms with Gasteiger partial charge in [-0.3, -0.25) is 9.59 Å². The maximum atomic E-state index is 12.9. The van der Waals surface area contributed by atoms with Gasteiger partial charge in [-0.2, -0.15) is 0 Å². The topological polar surface area (TPSA) is 88.9 Å². The van der Waals surface area contributed by atoms with Crippen LogP contribution >= 0.6 is 23.4 Å². The monoisotopic (exact) mass is 499 g/mol. The average molecular weight is 500 g/mol. The average Bonchev–Trinajstić information content (AvgIpc) is 3.21. The second kappa shape index (κ2) is 11.5. The van der Waals surface area contributed by atoms with Gasteiger partial charge in [-0.05, 0) is 56.5 Å². The SMILES string of the molecule is CCn1c(SCC(=O)Nc2cccc(Cl)c2C)nnc1[C@H](NC(=O)c1cccc(C)c1)C(C)C. The van der Waals surface area contributed by atoms with Gasteiger partial charge >= 0.3 is 0 Å². The Hall–Kier alpha value is -2.84. The molecule has 180 valence electrons. The highest BCUT2D eigenvalue weighted by Gasteiger charge is 2.26. The van der Waals surface area contributed by atoms with Crippen LogP contribution in [-0.2, 0) is 11.3 Å². The molecule has 0 bridgehead atoms. The van der Waals surface area contributed by atoms with Crippen molar-refractivity contribution in [2.45, 2.75) is 52.4 Å². The van der Waals surface area contributed by atoms with Crippen LogP contribution in [0, 0.1) is 19.8 Å². The van der Waals surface area contributed by atoms with Crippen LogP contribution in [0.5, 0.6) is 0 Å². The molecular formula is C25H30ClN5O2S. The quantitative estimate of drug-likeness (QED) is 0.383. The molecule has 34 heavy (non-hydrogen) atoms. The van der Waals surface area contributed by atoms with E-state index in [-0.39, 0.29) is 29.5 Å². The molecule has 9 heteroatoms. The lowest BCUT2D eigenvalue weighted by Gasteiger charge is -2.22. The Bertz CT molecular complexity index is 1180. The molecule has 0 spiro atoms. The number of carbonyl (C=O) groups is 2. The van der Waals surface area contributed by atoms with Crippen LogP contribution in [0.15, 0.2) is 47.6 Å². The Labute approximate surface area is 209 Å². The van der Waals surface area contributed by atoms with Gasteiger partial charge in [-0.25, -0.2) is 0 Å². The van der Waals surface area contributed by atoms with Crippen molar-refractivity contribution in [3.8, 4) is 0 Å². The number of aromatic nitrogens is 3. The van der Waals surface area contributed by atoms with Crippen molar-refractivity contribution in [1.82, 2.24) is 20.1 Å². The van der Waals surface area contributed by atoms with Gasteiger partial charge in [0.25, 0.3) is 5.91 Å². The minimum Gasteiger partial charge on any atom is -0.342 e. The number of halogens is 1. The molecule has 3 rings (SSSR count). The van der Waals surface area contributed by atoms with Crippen molar-refractivity contribution in [2.75, 3.05) is 11.1 Å². The van der Waals surface area contributed by atoms with Crippen LogP contribution in [0.3, 0.4) is 0 Å². The number of hydrogen-bond acceptors (Lipinski definition) is 5. The van der Waals surface area contributed by atoms with Crippen molar-refractivity contribution in [1.29, 1.82) is 0 Å². The summed E-state index contributed by atoms with van der Waals surface area (Å²) in [7, 11) is 0. The zero-order chi connectivity index (χ0) is 24.8. The molecule has 1 atom stereocenters. The van der Waals surface area contributed by atoms with Gasteiger partial charge < -0.3 is 15.2 Å². The Morgan fingerprint density at radius 3 is 2.53 bits per heavy atom. The van der Waals surface area contributed by atoms with E-state index in [1.807, 2.05) is 63.5 Å². The number of nitrogens with zero attached hydrogens (tertiary/aromatic N) is 3. The van der Waals surface area contributed by atoms with E-state index in [1.54, 1.807) is 18.2 Å². The normalized spacial score (nSPS) is 12.0. The number of benzene rings is 2. The number of carbonyl (C=O) groups excluding carboxylic acids is 2. The third kappa shape index (κ3) is 6.18. The zero-order valence-electron chi connectivity index (χ0n) is 20.1. The fourth-order valence-corrected chi connectivity index (χ4v) is 4.52. The van der Waals surface area contributed by atoms with Gasteiger partial charge in [0, 0.05) is 22.8 Å². The summed E-state index contributed by atoms with van der Waals surface area (Å²) < 4.78 is 1.95. The first-order chi connectivity index (χ1) is 16.2. The van der Waals surface area contributed by atoms with E-state index in [0.29, 0.717) is 33.8 Å². The van der Waals surface area contributed by atoms with Crippen molar-refractivity contribution >= 4 is 40.9 Å². The number of aryl methyl sites for hydroxylation is 1. The molecule has 3 aromatic rings. The molecule has 2 N–H and O–H groups in total. The highest BCUT2D eigenvalue weighted by atomic mass is 35.5. The second-order valence-electron chi connectivity index (χ2n) is 8.40. The Morgan fingerprint density at radius 1 is 1.12 bits per heavy atom. The first-order valence-corrected chi connectivity index (χ1v) is 12.6. The van der Waals surface area contributed by atoms with E-state index in [0.717, 1.165) is 11.1 Å². The van der Waals surface area contributed by atoms with E-state index >= 15 is 0 Å². The minimum absolute atomic E-state index is 0.0928. The van der Waals surface area contributed by atoms with Crippen LogP contribution in [0.2, 0.25) is 5.02 Å². The third-order valence-electron chi connectivity index (χ3n) is 5.45. The predicted octanol–water partition coefficient (Wildman–Crippen LogP) is 5.43. The minimum atomic E-state index is -0.322. The molecule has 0 unspecified atom stereocenters. The van der Waals surface area contributed by atoms with Gasteiger partial charge in [-0.15, -0.1) is 10.2 Å². The number of anilines is 1. The predicted molar refractivity (Wildman–Crippen MR) is 137 cm³/mol. The van der Waals surface area contributed by atoms with E-state index in [4.69, 9.17) is 11.6 Å². The summed E-state index contributed by atoms with van der Waals surface area (Å²) in [4.78, 5) is 25.4. The molecule has 0 saturated heterocycles. The third-order valence-corrected chi connectivity index (χ3v) is 6.82. The van der Waals surface area contributed by atoms with E-state index in [2.05, 4.69) is 20.8 Å². The smallest absolute Gasteiger partial charge is 0.251 e. The van der Waals surface area contributed by atoms with Gasteiger partial charge in [-0.1, -0.05) is 61.0 Å². The summed E-state index contributed by atoms with van der Waals surface area (Å²) in [5, 5.41) is 15.9. The number of rotatable bonds is 9. The number of thioether (sulfide) groups is 1. The second-order valence-corrected chi connectivity index (χ2v) is 9.75. The number of nitrogens with one attached hydrogen (secondary N) is 2. The van der Waals surface area contributed by atoms with Crippen molar-refractivity contribution in [3.63, 3.8) is 0 Å². The van der Waals surface area contributed by atoms with Crippen LogP contribution in [0.1, 0.15) is 54.1 Å². The zero-order valence-corrected chi connectivity index (χ0v) is 21.6. The number of amides is 2. The van der Waals surface area contributed by atoms with Gasteiger partial charge in [0.15, 0.2) is 11.0 Å². The summed E-state index contributed by atoms with van der Waals surface area (Å²) in [5.74, 6) is 0.628. The van der Waals surface area contributed by atoms with E-state index in [1.165, 1.54) is 11.8 Å². The highest BCUT2D eigenvalue weighted by molar-refractivity contribution is 7.99. The lowest BCUT2D eigenvalue weighted by atomic mass is 10.0. The first-order valence-electron chi connectivity index (χ1n) is 11.2. The van der Waals surface area contributed by atoms with Gasteiger partial charge in [0.2, 0.25) is 5.91 Å². The summed E-state index contributed by atoms with van der Waals surface area (Å²) >= 11 is 7.45. The lowest BCUT2D eigenvalue weighted by molar-refractivity contribution is -0.113. The summed E-state index contributed by atoms with van der Waals surface area (Å²) in [6.07, 6.45) is 0. The molecule has 2 aromatic carbocycles. The fraction of sp³-hybridized carbons (Fsp3) is 0.360. The van der Waals surface area contributed by atoms with Gasteiger partial charge in [0.1, 0.15) is 0 Å². The molecule has 0 aliphatic carbocycles. The van der Waals surface area contributed by atoms with Crippen LogP contribution < -0.4 is 10.6 Å². The highest BCUT2D eigenvalue weighted by Crippen LogP contribution is 2.27. The Morgan fingerprint density at radius 2 is 1.85 bits per heavy atom. The number of hydrogen-bond donors (Lipinski definition) is 2. The fourth-order valence-electron chi connectivity index (χ4n) is 3.53. The van der Waals surface area contributed by atoms with Crippen molar-refractivity contribution in [3.05, 3.63) is 70.0 Å². The summed E-state index contributed by atoms with van der Waals surface area (Å²) in [6, 6.07) is 12.6. The molecular weight excluding hydrogens is 470 g/mol. The van der Waals surface area contributed by atoms with Crippen LogP contribution in [0.4, 0.5) is 5.69 Å². The molecule has 1 aromatic heterocycles. The molecule has 1 heterocycles. The van der Waals surface area contributed by atoms with Gasteiger partial charge in [0.05, 0.1) is 11.8 Å². The molecule has 7 nitrogen and oxygen atoms in total.